The molecule has 2 aromatic rings. The molecule has 27 heavy (non-hydrogen) atoms. The molecule has 1 aliphatic heterocycles. The van der Waals surface area contributed by atoms with Crippen LogP contribution in [0.3, 0.4) is 0 Å². The minimum absolute atomic E-state index is 0.0589. The number of rotatable bonds is 5. The summed E-state index contributed by atoms with van der Waals surface area (Å²) in [7, 11) is 0. The zero-order chi connectivity index (χ0) is 19.2. The van der Waals surface area contributed by atoms with Crippen molar-refractivity contribution in [2.45, 2.75) is 45.9 Å². The van der Waals surface area contributed by atoms with Crippen molar-refractivity contribution >= 4 is 17.3 Å². The number of nitrogens with zero attached hydrogens (tertiary/aromatic N) is 3. The van der Waals surface area contributed by atoms with Gasteiger partial charge < -0.3 is 15.0 Å². The average Bonchev–Trinajstić information content (AvgIpc) is 3.13. The first-order valence-electron chi connectivity index (χ1n) is 9.46. The van der Waals surface area contributed by atoms with Gasteiger partial charge in [0.1, 0.15) is 11.9 Å². The Morgan fingerprint density at radius 2 is 2.11 bits per heavy atom. The molecule has 1 aromatic carbocycles. The largest absolute Gasteiger partial charge is 0.367 e. The van der Waals surface area contributed by atoms with Crippen LogP contribution in [0.2, 0.25) is 0 Å². The molecular formula is C20H27FN4OS. The monoisotopic (exact) mass is 390 g/mol. The van der Waals surface area contributed by atoms with Crippen LogP contribution in [0.1, 0.15) is 43.1 Å². The number of aryl methyl sites for hydroxylation is 1. The molecule has 2 unspecified atom stereocenters. The van der Waals surface area contributed by atoms with Gasteiger partial charge in [-0.25, -0.2) is 14.4 Å². The standard InChI is InChI=1S/C20H27FN4OS/c1-4-19-24-17(13-27-19)10-23-20(22-5-2)25-11-14(3)26-18(12-25)15-6-8-16(21)9-7-15/h6-9,13-14,18H,4-5,10-12H2,1-3H3,(H,22,23). The van der Waals surface area contributed by atoms with E-state index in [1.165, 1.54) is 12.1 Å². The van der Waals surface area contributed by atoms with E-state index in [9.17, 15) is 4.39 Å². The summed E-state index contributed by atoms with van der Waals surface area (Å²) in [5, 5.41) is 6.60. The van der Waals surface area contributed by atoms with Crippen LogP contribution >= 0.6 is 11.3 Å². The predicted molar refractivity (Wildman–Crippen MR) is 108 cm³/mol. The van der Waals surface area contributed by atoms with Crippen LogP contribution in [0.4, 0.5) is 4.39 Å². The van der Waals surface area contributed by atoms with Crippen molar-refractivity contribution < 1.29 is 9.13 Å². The lowest BCUT2D eigenvalue weighted by molar-refractivity contribution is -0.0605. The minimum atomic E-state index is -0.232. The molecule has 1 N–H and O–H groups in total. The van der Waals surface area contributed by atoms with E-state index in [1.54, 1.807) is 23.5 Å². The Kier molecular flexibility index (Phi) is 6.79. The van der Waals surface area contributed by atoms with Crippen molar-refractivity contribution in [1.82, 2.24) is 15.2 Å². The number of aromatic nitrogens is 1. The third-order valence-corrected chi connectivity index (χ3v) is 5.47. The average molecular weight is 391 g/mol. The zero-order valence-electron chi connectivity index (χ0n) is 16.1. The second-order valence-corrected chi connectivity index (χ2v) is 7.59. The molecule has 0 saturated carbocycles. The number of aliphatic imine (C=N–C) groups is 1. The second kappa shape index (κ2) is 9.28. The van der Waals surface area contributed by atoms with Crippen molar-refractivity contribution in [3.63, 3.8) is 0 Å². The van der Waals surface area contributed by atoms with E-state index in [2.05, 4.69) is 41.4 Å². The number of halogens is 1. The third kappa shape index (κ3) is 5.26. The fourth-order valence-electron chi connectivity index (χ4n) is 3.15. The minimum Gasteiger partial charge on any atom is -0.367 e. The maximum atomic E-state index is 13.2. The highest BCUT2D eigenvalue weighted by atomic mass is 32.1. The summed E-state index contributed by atoms with van der Waals surface area (Å²) in [6, 6.07) is 6.55. The van der Waals surface area contributed by atoms with Gasteiger partial charge in [0.25, 0.3) is 0 Å². The molecule has 0 amide bonds. The summed E-state index contributed by atoms with van der Waals surface area (Å²) in [5.74, 6) is 0.634. The summed E-state index contributed by atoms with van der Waals surface area (Å²) in [6.45, 7) is 9.03. The highest BCUT2D eigenvalue weighted by Gasteiger charge is 2.28. The molecule has 1 aliphatic rings. The summed E-state index contributed by atoms with van der Waals surface area (Å²) in [5.41, 5.74) is 1.99. The Hall–Kier alpha value is -1.99. The third-order valence-electron chi connectivity index (χ3n) is 4.43. The Bertz CT molecular complexity index is 762. The van der Waals surface area contributed by atoms with E-state index >= 15 is 0 Å². The Labute approximate surface area is 164 Å². The quantitative estimate of drug-likeness (QED) is 0.624. The number of thiazole rings is 1. The van der Waals surface area contributed by atoms with Gasteiger partial charge in [-0.15, -0.1) is 11.3 Å². The van der Waals surface area contributed by atoms with E-state index in [0.29, 0.717) is 13.1 Å². The normalized spacial score (nSPS) is 20.7. The first kappa shape index (κ1) is 19.8. The number of morpholine rings is 1. The van der Waals surface area contributed by atoms with Crippen LogP contribution in [0, 0.1) is 5.82 Å². The zero-order valence-corrected chi connectivity index (χ0v) is 16.9. The van der Waals surface area contributed by atoms with Crippen LogP contribution < -0.4 is 5.32 Å². The summed E-state index contributed by atoms with van der Waals surface area (Å²) in [4.78, 5) is 11.6. The topological polar surface area (TPSA) is 49.8 Å². The lowest BCUT2D eigenvalue weighted by Gasteiger charge is -2.38. The molecule has 1 fully saturated rings. The molecule has 1 saturated heterocycles. The molecule has 0 spiro atoms. The molecule has 146 valence electrons. The highest BCUT2D eigenvalue weighted by molar-refractivity contribution is 7.09. The maximum Gasteiger partial charge on any atom is 0.194 e. The first-order valence-corrected chi connectivity index (χ1v) is 10.3. The molecule has 7 heteroatoms. The van der Waals surface area contributed by atoms with Crippen molar-refractivity contribution in [1.29, 1.82) is 0 Å². The van der Waals surface area contributed by atoms with E-state index in [-0.39, 0.29) is 18.0 Å². The first-order chi connectivity index (χ1) is 13.1. The van der Waals surface area contributed by atoms with Gasteiger partial charge in [-0.3, -0.25) is 0 Å². The van der Waals surface area contributed by atoms with Crippen molar-refractivity contribution in [3.05, 3.63) is 51.7 Å². The van der Waals surface area contributed by atoms with Gasteiger partial charge in [0.2, 0.25) is 0 Å². The number of benzene rings is 1. The molecule has 0 radical (unpaired) electrons. The fraction of sp³-hybridized carbons (Fsp3) is 0.500. The van der Waals surface area contributed by atoms with Crippen LogP contribution in [-0.2, 0) is 17.7 Å². The smallest absolute Gasteiger partial charge is 0.194 e. The Morgan fingerprint density at radius 1 is 1.33 bits per heavy atom. The molecule has 2 atom stereocenters. The van der Waals surface area contributed by atoms with Crippen LogP contribution in [0.25, 0.3) is 0 Å². The number of nitrogens with one attached hydrogen (secondary N) is 1. The highest BCUT2D eigenvalue weighted by Crippen LogP contribution is 2.25. The molecular weight excluding hydrogens is 363 g/mol. The SMILES string of the molecule is CCNC(=NCc1csc(CC)n1)N1CC(C)OC(c2ccc(F)cc2)C1. The molecule has 3 rings (SSSR count). The van der Waals surface area contributed by atoms with Gasteiger partial charge in [0, 0.05) is 18.5 Å². The molecule has 2 heterocycles. The Balaban J connectivity index is 1.74. The Morgan fingerprint density at radius 3 is 2.78 bits per heavy atom. The van der Waals surface area contributed by atoms with Crippen molar-refractivity contribution in [2.75, 3.05) is 19.6 Å². The summed E-state index contributed by atoms with van der Waals surface area (Å²) >= 11 is 1.68. The van der Waals surface area contributed by atoms with E-state index < -0.39 is 0 Å². The molecule has 5 nitrogen and oxygen atoms in total. The molecule has 0 bridgehead atoms. The lowest BCUT2D eigenvalue weighted by atomic mass is 10.1. The predicted octanol–water partition coefficient (Wildman–Crippen LogP) is 3.77. The van der Waals surface area contributed by atoms with Crippen molar-refractivity contribution in [3.8, 4) is 0 Å². The number of hydrogen-bond donors (Lipinski definition) is 1. The number of ether oxygens (including phenoxy) is 1. The lowest BCUT2D eigenvalue weighted by Crippen LogP contribution is -2.50. The number of guanidine groups is 1. The van der Waals surface area contributed by atoms with E-state index in [1.807, 2.05) is 0 Å². The molecule has 1 aromatic heterocycles. The van der Waals surface area contributed by atoms with Crippen LogP contribution in [0.5, 0.6) is 0 Å². The fourth-order valence-corrected chi connectivity index (χ4v) is 3.89. The maximum absolute atomic E-state index is 13.2. The number of hydrogen-bond acceptors (Lipinski definition) is 4. The summed E-state index contributed by atoms with van der Waals surface area (Å²) < 4.78 is 19.3. The van der Waals surface area contributed by atoms with Gasteiger partial charge >= 0.3 is 0 Å². The van der Waals surface area contributed by atoms with Crippen LogP contribution in [-0.4, -0.2) is 41.6 Å². The van der Waals surface area contributed by atoms with Gasteiger partial charge in [-0.2, -0.15) is 0 Å². The van der Waals surface area contributed by atoms with E-state index in [0.717, 1.165) is 41.7 Å². The summed E-state index contributed by atoms with van der Waals surface area (Å²) in [6.07, 6.45) is 0.905. The van der Waals surface area contributed by atoms with Crippen LogP contribution in [0.15, 0.2) is 34.6 Å². The van der Waals surface area contributed by atoms with Crippen molar-refractivity contribution in [2.24, 2.45) is 4.99 Å². The second-order valence-electron chi connectivity index (χ2n) is 6.65. The van der Waals surface area contributed by atoms with Gasteiger partial charge in [-0.1, -0.05) is 19.1 Å². The molecule has 0 aliphatic carbocycles. The van der Waals surface area contributed by atoms with Gasteiger partial charge in [-0.05, 0) is 38.0 Å². The van der Waals surface area contributed by atoms with Gasteiger partial charge in [0.05, 0.1) is 29.9 Å². The van der Waals surface area contributed by atoms with E-state index in [4.69, 9.17) is 9.73 Å². The van der Waals surface area contributed by atoms with Gasteiger partial charge in [0.15, 0.2) is 5.96 Å².